The number of ether oxygens (including phenoxy) is 1. The molecule has 8 nitrogen and oxygen atoms in total. The number of alkyl carbamates (subject to hydrolysis) is 1. The minimum Gasteiger partial charge on any atom is -0.453 e. The highest BCUT2D eigenvalue weighted by atomic mass is 16.5. The molecule has 0 aromatic heterocycles. The predicted octanol–water partition coefficient (Wildman–Crippen LogP) is 6.80. The van der Waals surface area contributed by atoms with Gasteiger partial charge in [-0.2, -0.15) is 0 Å². The molecule has 46 heavy (non-hydrogen) atoms. The van der Waals surface area contributed by atoms with Crippen LogP contribution in [0, 0.1) is 0 Å². The van der Waals surface area contributed by atoms with E-state index in [-0.39, 0.29) is 29.2 Å². The van der Waals surface area contributed by atoms with Crippen LogP contribution < -0.4 is 16.0 Å². The van der Waals surface area contributed by atoms with Crippen molar-refractivity contribution < 1.29 is 19.1 Å². The molecule has 1 heterocycles. The predicted molar refractivity (Wildman–Crippen MR) is 183 cm³/mol. The third-order valence-electron chi connectivity index (χ3n) is 10.4. The number of nitrogens with one attached hydrogen (secondary N) is 3. The highest BCUT2D eigenvalue weighted by Crippen LogP contribution is 2.56. The molecule has 0 radical (unpaired) electrons. The van der Waals surface area contributed by atoms with Gasteiger partial charge in [0.25, 0.3) is 0 Å². The molecule has 3 aliphatic rings. The average Bonchev–Trinajstić information content (AvgIpc) is 3.74. The summed E-state index contributed by atoms with van der Waals surface area (Å²) in [6.07, 6.45) is 4.85. The van der Waals surface area contributed by atoms with Crippen molar-refractivity contribution in [2.75, 3.05) is 37.9 Å². The number of carbonyl (C=O) groups is 3. The molecule has 3 amide bonds. The van der Waals surface area contributed by atoms with E-state index in [9.17, 15) is 14.4 Å². The summed E-state index contributed by atoms with van der Waals surface area (Å²) in [5, 5.41) is 8.89. The second kappa shape index (κ2) is 12.1. The number of likely N-dealkylation sites (tertiary alicyclic amines) is 1. The fraction of sp³-hybridized carbons (Fsp3) is 0.447. The third-order valence-corrected chi connectivity index (χ3v) is 10.4. The molecule has 6 rings (SSSR count). The van der Waals surface area contributed by atoms with Gasteiger partial charge in [0.1, 0.15) is 12.6 Å². The first kappa shape index (κ1) is 31.6. The van der Waals surface area contributed by atoms with Gasteiger partial charge in [0.2, 0.25) is 11.8 Å². The van der Waals surface area contributed by atoms with Gasteiger partial charge in [-0.3, -0.25) is 9.59 Å². The second-order valence-electron chi connectivity index (χ2n) is 14.2. The standard InChI is InChI=1S/C38H46N4O4/c1-37(2)18-16-28-32(34-27(15-17-38(34,3)4)31(33(28)37)23-10-7-12-25(20-23)39-5)24-11-8-13-26(21-24)41-35(44)29-14-9-19-42(29)30(43)22-40-36(45)46-6/h7-8,10-13,20-21,29,39H,9,14-19,22H2,1-6H3,(H,40,45)(H,41,44). The Morgan fingerprint density at radius 1 is 0.870 bits per heavy atom. The molecule has 242 valence electrons. The van der Waals surface area contributed by atoms with Crippen LogP contribution in [0.1, 0.15) is 75.6 Å². The number of methoxy groups -OCH3 is 1. The van der Waals surface area contributed by atoms with Crippen LogP contribution in [0.5, 0.6) is 0 Å². The number of benzene rings is 3. The number of rotatable bonds is 7. The van der Waals surface area contributed by atoms with Crippen molar-refractivity contribution in [3.05, 3.63) is 70.8 Å². The minimum atomic E-state index is -0.672. The van der Waals surface area contributed by atoms with E-state index in [4.69, 9.17) is 0 Å². The number of amides is 3. The van der Waals surface area contributed by atoms with E-state index >= 15 is 0 Å². The molecule has 1 aliphatic heterocycles. The van der Waals surface area contributed by atoms with Crippen LogP contribution in [0.4, 0.5) is 16.2 Å². The Morgan fingerprint density at radius 2 is 1.43 bits per heavy atom. The zero-order chi connectivity index (χ0) is 32.8. The largest absolute Gasteiger partial charge is 0.453 e. The molecule has 0 spiro atoms. The van der Waals surface area contributed by atoms with Gasteiger partial charge in [-0.1, -0.05) is 52.0 Å². The minimum absolute atomic E-state index is 0.00396. The molecule has 3 aromatic rings. The molecule has 1 saturated heterocycles. The van der Waals surface area contributed by atoms with Crippen molar-refractivity contribution >= 4 is 29.3 Å². The first-order valence-corrected chi connectivity index (χ1v) is 16.5. The zero-order valence-electron chi connectivity index (χ0n) is 27.9. The lowest BCUT2D eigenvalue weighted by atomic mass is 9.73. The van der Waals surface area contributed by atoms with Gasteiger partial charge in [-0.15, -0.1) is 0 Å². The Balaban J connectivity index is 1.39. The number of carbonyl (C=O) groups excluding carboxylic acids is 3. The topological polar surface area (TPSA) is 99.8 Å². The maximum Gasteiger partial charge on any atom is 0.407 e. The SMILES string of the molecule is CNc1cccc(-c2c3c(c(-c4cccc(NC(=O)C5CCCN5C(=O)CNC(=O)OC)c4)c4c2C(C)(C)CC4)C(C)(C)CC3)c1. The molecule has 0 bridgehead atoms. The average molecular weight is 623 g/mol. The highest BCUT2D eigenvalue weighted by molar-refractivity contribution is 5.99. The Morgan fingerprint density at radius 3 is 2.00 bits per heavy atom. The van der Waals surface area contributed by atoms with Gasteiger partial charge in [0, 0.05) is 25.0 Å². The van der Waals surface area contributed by atoms with Gasteiger partial charge in [0.05, 0.1) is 7.11 Å². The van der Waals surface area contributed by atoms with Crippen LogP contribution in [0.15, 0.2) is 48.5 Å². The van der Waals surface area contributed by atoms with Crippen LogP contribution >= 0.6 is 0 Å². The Hall–Kier alpha value is -4.33. The van der Waals surface area contributed by atoms with Crippen molar-refractivity contribution in [1.29, 1.82) is 0 Å². The van der Waals surface area contributed by atoms with Gasteiger partial charge in [-0.05, 0) is 118 Å². The highest BCUT2D eigenvalue weighted by Gasteiger charge is 2.43. The molecule has 3 N–H and O–H groups in total. The van der Waals surface area contributed by atoms with E-state index < -0.39 is 12.1 Å². The van der Waals surface area contributed by atoms with E-state index in [1.165, 1.54) is 46.1 Å². The molecule has 2 aliphatic carbocycles. The van der Waals surface area contributed by atoms with E-state index in [1.807, 2.05) is 19.2 Å². The Labute approximate surface area is 272 Å². The van der Waals surface area contributed by atoms with Crippen molar-refractivity contribution in [1.82, 2.24) is 10.2 Å². The monoisotopic (exact) mass is 622 g/mol. The molecule has 8 heteroatoms. The molecule has 0 saturated carbocycles. The smallest absolute Gasteiger partial charge is 0.407 e. The van der Waals surface area contributed by atoms with E-state index in [1.54, 1.807) is 4.90 Å². The number of hydrogen-bond acceptors (Lipinski definition) is 5. The van der Waals surface area contributed by atoms with Crippen LogP contribution in [0.3, 0.4) is 0 Å². The summed E-state index contributed by atoms with van der Waals surface area (Å²) in [4.78, 5) is 39.4. The van der Waals surface area contributed by atoms with E-state index in [2.05, 4.69) is 84.8 Å². The zero-order valence-corrected chi connectivity index (χ0v) is 27.9. The fourth-order valence-electron chi connectivity index (χ4n) is 8.08. The summed E-state index contributed by atoms with van der Waals surface area (Å²) in [5.74, 6) is -0.508. The van der Waals surface area contributed by atoms with Crippen LogP contribution in [-0.4, -0.2) is 56.1 Å². The van der Waals surface area contributed by atoms with Gasteiger partial charge < -0.3 is 25.6 Å². The molecule has 1 atom stereocenters. The van der Waals surface area contributed by atoms with Gasteiger partial charge in [0.15, 0.2) is 0 Å². The van der Waals surface area contributed by atoms with Crippen molar-refractivity contribution in [2.45, 2.75) is 83.1 Å². The third kappa shape index (κ3) is 5.63. The lowest BCUT2D eigenvalue weighted by Gasteiger charge is -2.31. The van der Waals surface area contributed by atoms with Gasteiger partial charge in [-0.25, -0.2) is 4.79 Å². The summed E-state index contributed by atoms with van der Waals surface area (Å²) >= 11 is 0. The normalized spacial score (nSPS) is 18.9. The first-order valence-electron chi connectivity index (χ1n) is 16.5. The summed E-state index contributed by atoms with van der Waals surface area (Å²) in [6, 6.07) is 16.5. The van der Waals surface area contributed by atoms with E-state index in [0.717, 1.165) is 49.0 Å². The van der Waals surface area contributed by atoms with Crippen molar-refractivity contribution in [3.63, 3.8) is 0 Å². The molecule has 3 aromatic carbocycles. The lowest BCUT2D eigenvalue weighted by Crippen LogP contribution is -2.47. The van der Waals surface area contributed by atoms with E-state index in [0.29, 0.717) is 13.0 Å². The summed E-state index contributed by atoms with van der Waals surface area (Å²) < 4.78 is 4.58. The van der Waals surface area contributed by atoms with Crippen LogP contribution in [0.25, 0.3) is 22.3 Å². The molecular weight excluding hydrogens is 576 g/mol. The molecule has 1 unspecified atom stereocenters. The number of hydrogen-bond donors (Lipinski definition) is 3. The van der Waals surface area contributed by atoms with Crippen LogP contribution in [0.2, 0.25) is 0 Å². The lowest BCUT2D eigenvalue weighted by molar-refractivity contribution is -0.135. The van der Waals surface area contributed by atoms with Crippen molar-refractivity contribution in [3.8, 4) is 22.3 Å². The fourth-order valence-corrected chi connectivity index (χ4v) is 8.08. The number of nitrogens with zero attached hydrogens (tertiary/aromatic N) is 1. The second-order valence-corrected chi connectivity index (χ2v) is 14.2. The summed E-state index contributed by atoms with van der Waals surface area (Å²) in [5.41, 5.74) is 12.8. The Bertz CT molecular complexity index is 1710. The number of anilines is 2. The maximum atomic E-state index is 13.6. The summed E-state index contributed by atoms with van der Waals surface area (Å²) in [7, 11) is 3.22. The molecule has 1 fully saturated rings. The number of fused-ring (bicyclic) bond motifs is 2. The Kier molecular flexibility index (Phi) is 8.34. The quantitative estimate of drug-likeness (QED) is 0.269. The molecular formula is C38H46N4O4. The van der Waals surface area contributed by atoms with Crippen LogP contribution in [-0.2, 0) is 38.0 Å². The van der Waals surface area contributed by atoms with Gasteiger partial charge >= 0.3 is 6.09 Å². The summed E-state index contributed by atoms with van der Waals surface area (Å²) in [6.45, 7) is 9.78. The van der Waals surface area contributed by atoms with Crippen molar-refractivity contribution in [2.24, 2.45) is 0 Å². The maximum absolute atomic E-state index is 13.6. The first-order chi connectivity index (χ1) is 21.9.